The fraction of sp³-hybridized carbons (Fsp3) is 0.242. The summed E-state index contributed by atoms with van der Waals surface area (Å²) in [6, 6.07) is 24.0. The van der Waals surface area contributed by atoms with Gasteiger partial charge in [0.05, 0.1) is 0 Å². The molecule has 37 heavy (non-hydrogen) atoms. The molecule has 3 aromatic carbocycles. The van der Waals surface area contributed by atoms with Gasteiger partial charge in [0.2, 0.25) is 0 Å². The third-order valence-corrected chi connectivity index (χ3v) is 5.94. The molecule has 3 aromatic rings. The number of hydrogen-bond donors (Lipinski definition) is 1. The molecule has 0 aliphatic heterocycles. The van der Waals surface area contributed by atoms with Crippen molar-refractivity contribution >= 4 is 11.3 Å². The van der Waals surface area contributed by atoms with Gasteiger partial charge in [0.15, 0.2) is 0 Å². The van der Waals surface area contributed by atoms with E-state index in [-0.39, 0.29) is 0 Å². The molecule has 192 valence electrons. The van der Waals surface area contributed by atoms with E-state index in [1.807, 2.05) is 79.7 Å². The van der Waals surface area contributed by atoms with Gasteiger partial charge in [0, 0.05) is 11.8 Å². The van der Waals surface area contributed by atoms with Gasteiger partial charge in [-0.05, 0) is 78.8 Å². The highest BCUT2D eigenvalue weighted by Gasteiger charge is 2.07. The van der Waals surface area contributed by atoms with E-state index in [0.717, 1.165) is 51.5 Å². The third kappa shape index (κ3) is 8.84. The lowest BCUT2D eigenvalue weighted by Gasteiger charge is -2.14. The van der Waals surface area contributed by atoms with Crippen molar-refractivity contribution in [2.75, 3.05) is 13.2 Å². The normalized spacial score (nSPS) is 11.6. The summed E-state index contributed by atoms with van der Waals surface area (Å²) >= 11 is 0. The maximum absolute atomic E-state index is 7.87. The predicted molar refractivity (Wildman–Crippen MR) is 154 cm³/mol. The number of rotatable bonds is 14. The number of nitrogens with one attached hydrogen (secondary N) is 1. The van der Waals surface area contributed by atoms with Crippen molar-refractivity contribution < 1.29 is 14.2 Å². The maximum Gasteiger partial charge on any atom is 0.123 e. The van der Waals surface area contributed by atoms with Crippen LogP contribution in [0, 0.1) is 5.41 Å². The molecule has 0 unspecified atom stereocenters. The topological polar surface area (TPSA) is 51.5 Å². The standard InChI is InChI=1S/C33H37NO3/c1-5-11-30-22-29(25(3)16-17-28(6-2)26(4)34)18-19-33(30)36-21-20-35-31-14-10-15-32(23-31)37-24-27-12-8-7-9-13-27/h5,7-10,12-19,22-23,34H,1,6,11,20-21,24H2,2-4H3/b25-16+,28-17+,34-26?. The first-order valence-corrected chi connectivity index (χ1v) is 12.7. The number of hydrogen-bond acceptors (Lipinski definition) is 4. The van der Waals surface area contributed by atoms with Crippen LogP contribution in [0.15, 0.2) is 103 Å². The minimum Gasteiger partial charge on any atom is -0.490 e. The van der Waals surface area contributed by atoms with Crippen molar-refractivity contribution in [1.82, 2.24) is 0 Å². The molecule has 0 aliphatic rings. The monoisotopic (exact) mass is 495 g/mol. The Morgan fingerprint density at radius 1 is 0.838 bits per heavy atom. The molecule has 0 aliphatic carbocycles. The average Bonchev–Trinajstić information content (AvgIpc) is 2.91. The summed E-state index contributed by atoms with van der Waals surface area (Å²) in [5.74, 6) is 2.35. The van der Waals surface area contributed by atoms with Crippen molar-refractivity contribution in [3.05, 3.63) is 120 Å². The molecule has 0 amide bonds. The molecule has 0 aromatic heterocycles. The number of allylic oxidation sites excluding steroid dienone is 5. The smallest absolute Gasteiger partial charge is 0.123 e. The maximum atomic E-state index is 7.87. The van der Waals surface area contributed by atoms with E-state index in [1.165, 1.54) is 0 Å². The molecule has 0 atom stereocenters. The first-order valence-electron chi connectivity index (χ1n) is 12.7. The molecule has 0 bridgehead atoms. The van der Waals surface area contributed by atoms with Gasteiger partial charge in [-0.25, -0.2) is 0 Å². The molecule has 0 radical (unpaired) electrons. The highest BCUT2D eigenvalue weighted by atomic mass is 16.5. The highest BCUT2D eigenvalue weighted by molar-refractivity contribution is 5.96. The largest absolute Gasteiger partial charge is 0.490 e. The van der Waals surface area contributed by atoms with Crippen LogP contribution in [0.3, 0.4) is 0 Å². The van der Waals surface area contributed by atoms with Crippen LogP contribution in [-0.2, 0) is 13.0 Å². The van der Waals surface area contributed by atoms with E-state index >= 15 is 0 Å². The van der Waals surface area contributed by atoms with Crippen LogP contribution in [-0.4, -0.2) is 18.9 Å². The first kappa shape index (κ1) is 27.5. The van der Waals surface area contributed by atoms with Crippen molar-refractivity contribution in [2.24, 2.45) is 0 Å². The molecule has 0 spiro atoms. The summed E-state index contributed by atoms with van der Waals surface area (Å²) < 4.78 is 17.9. The van der Waals surface area contributed by atoms with Gasteiger partial charge < -0.3 is 19.6 Å². The van der Waals surface area contributed by atoms with Crippen molar-refractivity contribution in [3.8, 4) is 17.2 Å². The van der Waals surface area contributed by atoms with Crippen LogP contribution in [0.5, 0.6) is 17.2 Å². The summed E-state index contributed by atoms with van der Waals surface area (Å²) in [6.45, 7) is 11.2. The minimum absolute atomic E-state index is 0.421. The summed E-state index contributed by atoms with van der Waals surface area (Å²) in [5.41, 5.74) is 6.12. The summed E-state index contributed by atoms with van der Waals surface area (Å²) in [6.07, 6.45) is 7.56. The van der Waals surface area contributed by atoms with Crippen LogP contribution in [0.2, 0.25) is 0 Å². The Hall–Kier alpha value is -4.05. The molecule has 4 nitrogen and oxygen atoms in total. The molecule has 0 saturated carbocycles. The highest BCUT2D eigenvalue weighted by Crippen LogP contribution is 2.26. The van der Waals surface area contributed by atoms with Gasteiger partial charge in [0.1, 0.15) is 37.1 Å². The molecule has 3 rings (SSSR count). The SMILES string of the molecule is C=CCc1cc(/C(C)=C/C=C(\CC)C(C)=N)ccc1OCCOc1cccc(OCc2ccccc2)c1. The van der Waals surface area contributed by atoms with Gasteiger partial charge in [-0.3, -0.25) is 0 Å². The van der Waals surface area contributed by atoms with Crippen LogP contribution >= 0.6 is 0 Å². The second-order valence-electron chi connectivity index (χ2n) is 8.78. The van der Waals surface area contributed by atoms with Gasteiger partial charge in [-0.15, -0.1) is 6.58 Å². The second-order valence-corrected chi connectivity index (χ2v) is 8.78. The van der Waals surface area contributed by atoms with E-state index < -0.39 is 0 Å². The zero-order valence-electron chi connectivity index (χ0n) is 22.1. The van der Waals surface area contributed by atoms with Crippen LogP contribution < -0.4 is 14.2 Å². The Labute approximate surface area is 221 Å². The second kappa shape index (κ2) is 14.5. The Kier molecular flexibility index (Phi) is 10.8. The van der Waals surface area contributed by atoms with E-state index in [9.17, 15) is 0 Å². The molecular weight excluding hydrogens is 458 g/mol. The zero-order valence-corrected chi connectivity index (χ0v) is 22.1. The van der Waals surface area contributed by atoms with Gasteiger partial charge in [-0.2, -0.15) is 0 Å². The fourth-order valence-electron chi connectivity index (χ4n) is 3.82. The lowest BCUT2D eigenvalue weighted by molar-refractivity contribution is 0.215. The summed E-state index contributed by atoms with van der Waals surface area (Å²) in [7, 11) is 0. The molecule has 0 heterocycles. The average molecular weight is 496 g/mol. The van der Waals surface area contributed by atoms with Crippen molar-refractivity contribution in [3.63, 3.8) is 0 Å². The molecule has 1 N–H and O–H groups in total. The van der Waals surface area contributed by atoms with E-state index in [4.69, 9.17) is 19.6 Å². The Balaban J connectivity index is 1.57. The fourth-order valence-corrected chi connectivity index (χ4v) is 3.82. The quantitative estimate of drug-likeness (QED) is 0.106. The van der Waals surface area contributed by atoms with Crippen molar-refractivity contribution in [2.45, 2.75) is 40.2 Å². The minimum atomic E-state index is 0.421. The molecular formula is C33H37NO3. The first-order chi connectivity index (χ1) is 18.0. The van der Waals surface area contributed by atoms with Crippen LogP contribution in [0.4, 0.5) is 0 Å². The molecule has 0 fully saturated rings. The van der Waals surface area contributed by atoms with Crippen molar-refractivity contribution in [1.29, 1.82) is 5.41 Å². The van der Waals surface area contributed by atoms with E-state index in [1.54, 1.807) is 0 Å². The lowest BCUT2D eigenvalue weighted by atomic mass is 10.0. The lowest BCUT2D eigenvalue weighted by Crippen LogP contribution is -2.10. The van der Waals surface area contributed by atoms with Gasteiger partial charge in [-0.1, -0.05) is 67.6 Å². The van der Waals surface area contributed by atoms with Gasteiger partial charge >= 0.3 is 0 Å². The number of ether oxygens (including phenoxy) is 3. The Morgan fingerprint density at radius 3 is 2.27 bits per heavy atom. The zero-order chi connectivity index (χ0) is 26.5. The van der Waals surface area contributed by atoms with E-state index in [2.05, 4.69) is 38.6 Å². The molecule has 0 saturated heterocycles. The Morgan fingerprint density at radius 2 is 1.57 bits per heavy atom. The predicted octanol–water partition coefficient (Wildman–Crippen LogP) is 8.23. The number of benzene rings is 3. The summed E-state index contributed by atoms with van der Waals surface area (Å²) in [4.78, 5) is 0. The Bertz CT molecular complexity index is 1240. The van der Waals surface area contributed by atoms with Crippen LogP contribution in [0.1, 0.15) is 43.9 Å². The van der Waals surface area contributed by atoms with E-state index in [0.29, 0.717) is 32.0 Å². The summed E-state index contributed by atoms with van der Waals surface area (Å²) in [5, 5.41) is 7.87. The van der Waals surface area contributed by atoms with Crippen LogP contribution in [0.25, 0.3) is 5.57 Å². The third-order valence-electron chi connectivity index (χ3n) is 5.94. The molecule has 4 heteroatoms. The van der Waals surface area contributed by atoms with Gasteiger partial charge in [0.25, 0.3) is 0 Å².